The second-order valence-corrected chi connectivity index (χ2v) is 6.96. The van der Waals surface area contributed by atoms with Crippen molar-refractivity contribution in [2.75, 3.05) is 19.6 Å². The lowest BCUT2D eigenvalue weighted by molar-refractivity contribution is -0.121. The van der Waals surface area contributed by atoms with Gasteiger partial charge in [-0.3, -0.25) is 24.1 Å². The molecule has 144 valence electrons. The largest absolute Gasteiger partial charge is 0.508 e. The van der Waals surface area contributed by atoms with Gasteiger partial charge in [-0.15, -0.1) is 0 Å². The molecule has 0 radical (unpaired) electrons. The van der Waals surface area contributed by atoms with Gasteiger partial charge in [0.15, 0.2) is 0 Å². The number of phenolic OH excluding ortho intramolecular Hbond substituents is 1. The van der Waals surface area contributed by atoms with Crippen LogP contribution in [0.2, 0.25) is 0 Å². The first kappa shape index (κ1) is 19.6. The molecule has 1 aliphatic heterocycles. The van der Waals surface area contributed by atoms with Crippen LogP contribution in [0.1, 0.15) is 31.1 Å². The number of nitrogens with one attached hydrogen (secondary N) is 2. The summed E-state index contributed by atoms with van der Waals surface area (Å²) in [6.45, 7) is -0.127. The van der Waals surface area contributed by atoms with Crippen LogP contribution in [0.3, 0.4) is 0 Å². The van der Waals surface area contributed by atoms with Crippen LogP contribution in [0.15, 0.2) is 46.9 Å². The van der Waals surface area contributed by atoms with Gasteiger partial charge in [-0.25, -0.2) is 0 Å². The number of hydrogen-bond acceptors (Lipinski definition) is 5. The quantitative estimate of drug-likeness (QED) is 0.457. The lowest BCUT2D eigenvalue weighted by atomic mass is 10.1. The van der Waals surface area contributed by atoms with Gasteiger partial charge >= 0.3 is 0 Å². The lowest BCUT2D eigenvalue weighted by Crippen LogP contribution is -2.42. The number of phenols is 1. The van der Waals surface area contributed by atoms with Crippen molar-refractivity contribution in [3.05, 3.63) is 63.6 Å². The summed E-state index contributed by atoms with van der Waals surface area (Å²) in [6.07, 6.45) is 0. The van der Waals surface area contributed by atoms with Crippen LogP contribution < -0.4 is 10.6 Å². The first-order valence-electron chi connectivity index (χ1n) is 8.36. The van der Waals surface area contributed by atoms with E-state index in [0.717, 1.165) is 4.90 Å². The van der Waals surface area contributed by atoms with Crippen molar-refractivity contribution in [1.82, 2.24) is 15.5 Å². The Labute approximate surface area is 168 Å². The molecule has 0 atom stereocenters. The number of hydrogen-bond donors (Lipinski definition) is 3. The first-order valence-corrected chi connectivity index (χ1v) is 9.16. The highest BCUT2D eigenvalue weighted by Crippen LogP contribution is 2.25. The van der Waals surface area contributed by atoms with Crippen molar-refractivity contribution in [2.24, 2.45) is 0 Å². The molecular formula is C19H16BrN3O5. The Morgan fingerprint density at radius 3 is 2.43 bits per heavy atom. The number of halogens is 1. The minimum atomic E-state index is -0.520. The highest BCUT2D eigenvalue weighted by molar-refractivity contribution is 9.10. The van der Waals surface area contributed by atoms with E-state index in [4.69, 9.17) is 0 Å². The van der Waals surface area contributed by atoms with Gasteiger partial charge < -0.3 is 15.7 Å². The molecule has 1 heterocycles. The minimum absolute atomic E-state index is 0.0195. The monoisotopic (exact) mass is 445 g/mol. The van der Waals surface area contributed by atoms with Gasteiger partial charge in [0.1, 0.15) is 12.3 Å². The van der Waals surface area contributed by atoms with Crippen LogP contribution in [-0.2, 0) is 4.79 Å². The van der Waals surface area contributed by atoms with Gasteiger partial charge in [0.2, 0.25) is 5.91 Å². The van der Waals surface area contributed by atoms with Crippen LogP contribution in [0.25, 0.3) is 0 Å². The number of carbonyl (C=O) groups is 4. The maximum atomic E-state index is 12.3. The molecule has 0 saturated carbocycles. The third-order valence-electron chi connectivity index (χ3n) is 4.08. The number of rotatable bonds is 6. The molecule has 0 unspecified atom stereocenters. The Hall–Kier alpha value is -3.20. The molecule has 2 aromatic carbocycles. The second-order valence-electron chi connectivity index (χ2n) is 6.04. The Morgan fingerprint density at radius 1 is 0.964 bits per heavy atom. The third kappa shape index (κ3) is 4.20. The number of aromatic hydroxyl groups is 1. The normalized spacial score (nSPS) is 12.7. The van der Waals surface area contributed by atoms with Crippen LogP contribution >= 0.6 is 15.9 Å². The summed E-state index contributed by atoms with van der Waals surface area (Å²) < 4.78 is 0.668. The number of nitrogens with zero attached hydrogens (tertiary/aromatic N) is 1. The van der Waals surface area contributed by atoms with Gasteiger partial charge in [0.05, 0.1) is 11.1 Å². The van der Waals surface area contributed by atoms with E-state index >= 15 is 0 Å². The van der Waals surface area contributed by atoms with Crippen molar-refractivity contribution in [2.45, 2.75) is 0 Å². The Balaban J connectivity index is 1.47. The SMILES string of the molecule is O=C(CN1C(=O)c2ccc(Br)cc2C1=O)NCCNC(=O)c1cccc(O)c1. The van der Waals surface area contributed by atoms with Gasteiger partial charge in [-0.1, -0.05) is 22.0 Å². The summed E-state index contributed by atoms with van der Waals surface area (Å²) in [7, 11) is 0. The Kier molecular flexibility index (Phi) is 5.74. The molecule has 0 aliphatic carbocycles. The molecule has 3 N–H and O–H groups in total. The lowest BCUT2D eigenvalue weighted by Gasteiger charge is -2.13. The predicted molar refractivity (Wildman–Crippen MR) is 103 cm³/mol. The molecule has 1 aliphatic rings. The molecular weight excluding hydrogens is 430 g/mol. The summed E-state index contributed by atoms with van der Waals surface area (Å²) in [5.41, 5.74) is 0.813. The van der Waals surface area contributed by atoms with Gasteiger partial charge in [-0.2, -0.15) is 0 Å². The van der Waals surface area contributed by atoms with Crippen LogP contribution in [-0.4, -0.2) is 53.3 Å². The molecule has 0 bridgehead atoms. The maximum Gasteiger partial charge on any atom is 0.262 e. The van der Waals surface area contributed by atoms with E-state index in [1.165, 1.54) is 18.2 Å². The van der Waals surface area contributed by atoms with Crippen molar-refractivity contribution < 1.29 is 24.3 Å². The Bertz CT molecular complexity index is 976. The number of carbonyl (C=O) groups excluding carboxylic acids is 4. The fourth-order valence-corrected chi connectivity index (χ4v) is 3.09. The standard InChI is InChI=1S/C19H16BrN3O5/c20-12-4-5-14-15(9-12)19(28)23(18(14)27)10-16(25)21-6-7-22-17(26)11-2-1-3-13(24)8-11/h1-5,8-9,24H,6-7,10H2,(H,21,25)(H,22,26). The van der Waals surface area contributed by atoms with Crippen molar-refractivity contribution in [3.8, 4) is 5.75 Å². The highest BCUT2D eigenvalue weighted by atomic mass is 79.9. The van der Waals surface area contributed by atoms with E-state index in [9.17, 15) is 24.3 Å². The summed E-state index contributed by atoms with van der Waals surface area (Å²) >= 11 is 3.25. The molecule has 3 rings (SSSR count). The van der Waals surface area contributed by atoms with E-state index in [2.05, 4.69) is 26.6 Å². The summed E-state index contributed by atoms with van der Waals surface area (Å²) in [4.78, 5) is 49.5. The summed E-state index contributed by atoms with van der Waals surface area (Å²) in [5, 5.41) is 14.5. The van der Waals surface area contributed by atoms with Gasteiger partial charge in [-0.05, 0) is 36.4 Å². The van der Waals surface area contributed by atoms with E-state index in [1.54, 1.807) is 24.3 Å². The van der Waals surface area contributed by atoms with Crippen molar-refractivity contribution >= 4 is 39.6 Å². The highest BCUT2D eigenvalue weighted by Gasteiger charge is 2.36. The molecule has 2 aromatic rings. The fraction of sp³-hybridized carbons (Fsp3) is 0.158. The number of imide groups is 1. The first-order chi connectivity index (χ1) is 13.4. The number of benzene rings is 2. The number of fused-ring (bicyclic) bond motifs is 1. The average Bonchev–Trinajstić information content (AvgIpc) is 2.89. The molecule has 4 amide bonds. The molecule has 8 nitrogen and oxygen atoms in total. The summed E-state index contributed by atoms with van der Waals surface area (Å²) in [5.74, 6) is -1.96. The molecule has 0 aromatic heterocycles. The second kappa shape index (κ2) is 8.22. The van der Waals surface area contributed by atoms with E-state index in [-0.39, 0.29) is 30.0 Å². The van der Waals surface area contributed by atoms with E-state index in [0.29, 0.717) is 10.0 Å². The number of amides is 4. The fourth-order valence-electron chi connectivity index (χ4n) is 2.73. The topological polar surface area (TPSA) is 116 Å². The zero-order chi connectivity index (χ0) is 20.3. The summed E-state index contributed by atoms with van der Waals surface area (Å²) in [6, 6.07) is 10.6. The smallest absolute Gasteiger partial charge is 0.262 e. The van der Waals surface area contributed by atoms with E-state index in [1.807, 2.05) is 0 Å². The van der Waals surface area contributed by atoms with Gasteiger partial charge in [0, 0.05) is 23.1 Å². The van der Waals surface area contributed by atoms with Crippen LogP contribution in [0.4, 0.5) is 0 Å². The molecule has 28 heavy (non-hydrogen) atoms. The molecule has 9 heteroatoms. The third-order valence-corrected chi connectivity index (χ3v) is 4.57. The van der Waals surface area contributed by atoms with Crippen LogP contribution in [0, 0.1) is 0 Å². The Morgan fingerprint density at radius 2 is 1.68 bits per heavy atom. The zero-order valence-corrected chi connectivity index (χ0v) is 16.2. The van der Waals surface area contributed by atoms with Crippen molar-refractivity contribution in [3.63, 3.8) is 0 Å². The molecule has 0 fully saturated rings. The maximum absolute atomic E-state index is 12.3. The molecule has 0 spiro atoms. The van der Waals surface area contributed by atoms with Crippen LogP contribution in [0.5, 0.6) is 5.75 Å². The minimum Gasteiger partial charge on any atom is -0.508 e. The zero-order valence-electron chi connectivity index (χ0n) is 14.6. The average molecular weight is 446 g/mol. The predicted octanol–water partition coefficient (Wildman–Crippen LogP) is 1.30. The molecule has 0 saturated heterocycles. The van der Waals surface area contributed by atoms with Gasteiger partial charge in [0.25, 0.3) is 17.7 Å². The van der Waals surface area contributed by atoms with Crippen molar-refractivity contribution in [1.29, 1.82) is 0 Å². The van der Waals surface area contributed by atoms with E-state index < -0.39 is 30.2 Å².